The number of nitrogens with one attached hydrogen (secondary N) is 1. The number of rotatable bonds is 3. The Balaban J connectivity index is 1.45. The second kappa shape index (κ2) is 6.60. The molecule has 1 fully saturated rings. The van der Waals surface area contributed by atoms with Crippen molar-refractivity contribution in [2.45, 2.75) is 25.8 Å². The Morgan fingerprint density at radius 2 is 1.77 bits per heavy atom. The summed E-state index contributed by atoms with van der Waals surface area (Å²) in [6.07, 6.45) is 1.43. The fourth-order valence-electron chi connectivity index (χ4n) is 3.70. The van der Waals surface area contributed by atoms with E-state index in [-0.39, 0.29) is 29.7 Å². The molecular weight excluding hydrogens is 371 g/mol. The highest BCUT2D eigenvalue weighted by molar-refractivity contribution is 6.35. The number of para-hydroxylation sites is 1. The van der Waals surface area contributed by atoms with Crippen molar-refractivity contribution < 1.29 is 9.59 Å². The monoisotopic (exact) mass is 388 g/mol. The number of hydrogen-bond acceptors (Lipinski definition) is 2. The molecule has 0 bridgehead atoms. The Morgan fingerprint density at radius 3 is 2.50 bits per heavy atom. The summed E-state index contributed by atoms with van der Waals surface area (Å²) in [5, 5.41) is 3.73. The highest BCUT2D eigenvalue weighted by Gasteiger charge is 2.51. The lowest BCUT2D eigenvalue weighted by Crippen LogP contribution is -2.37. The highest BCUT2D eigenvalue weighted by atomic mass is 35.5. The average molecular weight is 389 g/mol. The quantitative estimate of drug-likeness (QED) is 0.838. The Labute approximate surface area is 162 Å². The first kappa shape index (κ1) is 17.4. The normalized spacial score (nSPS) is 23.5. The van der Waals surface area contributed by atoms with Crippen molar-refractivity contribution in [3.63, 3.8) is 0 Å². The van der Waals surface area contributed by atoms with Crippen LogP contribution in [0.2, 0.25) is 10.0 Å². The first-order valence-corrected chi connectivity index (χ1v) is 9.37. The van der Waals surface area contributed by atoms with Crippen LogP contribution in [0.3, 0.4) is 0 Å². The molecular formula is C20H18Cl2N2O2. The number of benzene rings is 2. The van der Waals surface area contributed by atoms with E-state index in [0.717, 1.165) is 12.1 Å². The molecule has 2 aromatic rings. The van der Waals surface area contributed by atoms with E-state index in [1.807, 2.05) is 30.0 Å². The predicted octanol–water partition coefficient (Wildman–Crippen LogP) is 4.55. The molecule has 1 saturated carbocycles. The van der Waals surface area contributed by atoms with E-state index < -0.39 is 0 Å². The van der Waals surface area contributed by atoms with Crippen LogP contribution in [0.4, 0.5) is 11.4 Å². The van der Waals surface area contributed by atoms with Gasteiger partial charge in [-0.05, 0) is 49.6 Å². The standard InChI is InChI=1S/C20H18Cl2N2O2/c1-11-6-12-4-2-3-5-18(12)24(11)20(26)17-10-16(17)19(25)23-15-8-13(21)7-14(22)9-15/h2-5,7-9,11,16-17H,6,10H2,1H3,(H,23,25). The fraction of sp³-hybridized carbons (Fsp3) is 0.300. The van der Waals surface area contributed by atoms with Crippen LogP contribution < -0.4 is 10.2 Å². The largest absolute Gasteiger partial charge is 0.326 e. The van der Waals surface area contributed by atoms with Gasteiger partial charge in [-0.3, -0.25) is 9.59 Å². The van der Waals surface area contributed by atoms with Gasteiger partial charge in [-0.25, -0.2) is 0 Å². The second-order valence-electron chi connectivity index (χ2n) is 6.99. The van der Waals surface area contributed by atoms with Crippen LogP contribution in [0.15, 0.2) is 42.5 Å². The molecule has 1 N–H and O–H groups in total. The summed E-state index contributed by atoms with van der Waals surface area (Å²) in [5.41, 5.74) is 2.70. The minimum Gasteiger partial charge on any atom is -0.326 e. The Hall–Kier alpha value is -2.04. The third-order valence-corrected chi connectivity index (χ3v) is 5.46. The van der Waals surface area contributed by atoms with E-state index in [9.17, 15) is 9.59 Å². The first-order valence-electron chi connectivity index (χ1n) is 8.62. The number of hydrogen-bond donors (Lipinski definition) is 1. The lowest BCUT2D eigenvalue weighted by atomic mass is 10.1. The van der Waals surface area contributed by atoms with Crippen LogP contribution in [0.1, 0.15) is 18.9 Å². The van der Waals surface area contributed by atoms with E-state index in [0.29, 0.717) is 22.2 Å². The van der Waals surface area contributed by atoms with Gasteiger partial charge >= 0.3 is 0 Å². The van der Waals surface area contributed by atoms with E-state index in [2.05, 4.69) is 11.4 Å². The van der Waals surface area contributed by atoms with Crippen LogP contribution in [-0.2, 0) is 16.0 Å². The van der Waals surface area contributed by atoms with E-state index >= 15 is 0 Å². The van der Waals surface area contributed by atoms with Crippen LogP contribution in [0, 0.1) is 11.8 Å². The number of amides is 2. The number of fused-ring (bicyclic) bond motifs is 1. The van der Waals surface area contributed by atoms with E-state index in [4.69, 9.17) is 23.2 Å². The Kier molecular flexibility index (Phi) is 4.41. The topological polar surface area (TPSA) is 49.4 Å². The van der Waals surface area contributed by atoms with Gasteiger partial charge in [-0.2, -0.15) is 0 Å². The second-order valence-corrected chi connectivity index (χ2v) is 7.86. The summed E-state index contributed by atoms with van der Waals surface area (Å²) >= 11 is 11.9. The molecule has 1 heterocycles. The summed E-state index contributed by atoms with van der Waals surface area (Å²) in [6.45, 7) is 2.04. The van der Waals surface area contributed by atoms with Gasteiger partial charge in [0.2, 0.25) is 11.8 Å². The maximum Gasteiger partial charge on any atom is 0.231 e. The summed E-state index contributed by atoms with van der Waals surface area (Å²) in [4.78, 5) is 27.3. The van der Waals surface area contributed by atoms with E-state index in [1.54, 1.807) is 18.2 Å². The molecule has 0 radical (unpaired) electrons. The average Bonchev–Trinajstić information content (AvgIpc) is 3.30. The molecule has 26 heavy (non-hydrogen) atoms. The van der Waals surface area contributed by atoms with Crippen molar-refractivity contribution in [1.82, 2.24) is 0 Å². The van der Waals surface area contributed by atoms with Gasteiger partial charge in [-0.15, -0.1) is 0 Å². The molecule has 2 aromatic carbocycles. The molecule has 0 spiro atoms. The molecule has 2 aliphatic rings. The molecule has 6 heteroatoms. The van der Waals surface area contributed by atoms with Gasteiger partial charge in [0.05, 0.1) is 11.8 Å². The third kappa shape index (κ3) is 3.19. The molecule has 1 aliphatic carbocycles. The van der Waals surface area contributed by atoms with Crippen LogP contribution in [-0.4, -0.2) is 17.9 Å². The minimum atomic E-state index is -0.305. The van der Waals surface area contributed by atoms with Gasteiger partial charge in [-0.1, -0.05) is 41.4 Å². The van der Waals surface area contributed by atoms with Gasteiger partial charge in [0.1, 0.15) is 0 Å². The van der Waals surface area contributed by atoms with Gasteiger partial charge < -0.3 is 10.2 Å². The fourth-order valence-corrected chi connectivity index (χ4v) is 4.22. The third-order valence-electron chi connectivity index (χ3n) is 5.02. The van der Waals surface area contributed by atoms with Crippen molar-refractivity contribution in [2.75, 3.05) is 10.2 Å². The van der Waals surface area contributed by atoms with Crippen molar-refractivity contribution >= 4 is 46.4 Å². The predicted molar refractivity (Wildman–Crippen MR) is 104 cm³/mol. The van der Waals surface area contributed by atoms with Crippen LogP contribution in [0.5, 0.6) is 0 Å². The summed E-state index contributed by atoms with van der Waals surface area (Å²) in [5.74, 6) is -0.702. The maximum absolute atomic E-state index is 13.0. The zero-order valence-electron chi connectivity index (χ0n) is 14.2. The maximum atomic E-state index is 13.0. The molecule has 3 unspecified atom stereocenters. The Morgan fingerprint density at radius 1 is 1.08 bits per heavy atom. The molecule has 3 atom stereocenters. The number of carbonyl (C=O) groups is 2. The van der Waals surface area contributed by atoms with Gasteiger partial charge in [0.15, 0.2) is 0 Å². The zero-order valence-corrected chi connectivity index (χ0v) is 15.7. The summed E-state index contributed by atoms with van der Waals surface area (Å²) in [7, 11) is 0. The smallest absolute Gasteiger partial charge is 0.231 e. The highest BCUT2D eigenvalue weighted by Crippen LogP contribution is 2.44. The van der Waals surface area contributed by atoms with Gasteiger partial charge in [0, 0.05) is 27.5 Å². The van der Waals surface area contributed by atoms with Crippen molar-refractivity contribution in [1.29, 1.82) is 0 Å². The molecule has 2 amide bonds. The minimum absolute atomic E-state index is 0.0340. The van der Waals surface area contributed by atoms with E-state index in [1.165, 1.54) is 5.56 Å². The SMILES string of the molecule is CC1Cc2ccccc2N1C(=O)C1CC1C(=O)Nc1cc(Cl)cc(Cl)c1. The molecule has 4 nitrogen and oxygen atoms in total. The van der Waals surface area contributed by atoms with Crippen LogP contribution >= 0.6 is 23.2 Å². The molecule has 134 valence electrons. The first-order chi connectivity index (χ1) is 12.4. The van der Waals surface area contributed by atoms with Crippen molar-refractivity contribution in [3.05, 3.63) is 58.1 Å². The lowest BCUT2D eigenvalue weighted by Gasteiger charge is -2.23. The number of carbonyl (C=O) groups excluding carboxylic acids is 2. The summed E-state index contributed by atoms with van der Waals surface area (Å²) in [6, 6.07) is 13.0. The van der Waals surface area contributed by atoms with Crippen molar-refractivity contribution in [3.8, 4) is 0 Å². The zero-order chi connectivity index (χ0) is 18.4. The molecule has 1 aliphatic heterocycles. The van der Waals surface area contributed by atoms with Crippen LogP contribution in [0.25, 0.3) is 0 Å². The number of halogens is 2. The lowest BCUT2D eigenvalue weighted by molar-refractivity contribution is -0.123. The Bertz CT molecular complexity index is 879. The number of nitrogens with zero attached hydrogens (tertiary/aromatic N) is 1. The molecule has 0 saturated heterocycles. The summed E-state index contributed by atoms with van der Waals surface area (Å²) < 4.78 is 0. The molecule has 4 rings (SSSR count). The number of anilines is 2. The van der Waals surface area contributed by atoms with Gasteiger partial charge in [0.25, 0.3) is 0 Å². The molecule has 0 aromatic heterocycles. The van der Waals surface area contributed by atoms with Crippen molar-refractivity contribution in [2.24, 2.45) is 11.8 Å².